The van der Waals surface area contributed by atoms with Crippen LogP contribution in [0.1, 0.15) is 59.4 Å². The van der Waals surface area contributed by atoms with Gasteiger partial charge in [0.25, 0.3) is 5.91 Å². The number of phenolic OH excluding ortho intramolecular Hbond substituents is 2. The minimum absolute atomic E-state index is 0.00203. The fraction of sp³-hybridized carbons (Fsp3) is 0.485. The first-order valence-electron chi connectivity index (χ1n) is 15.0. The first-order chi connectivity index (χ1) is 21.7. The van der Waals surface area contributed by atoms with Crippen molar-refractivity contribution < 1.29 is 48.7 Å². The number of nitrogens with one attached hydrogen (secondary N) is 2. The molecular weight excluding hydrogens is 598 g/mol. The van der Waals surface area contributed by atoms with Gasteiger partial charge < -0.3 is 45.3 Å². The van der Waals surface area contributed by atoms with Crippen molar-refractivity contribution in [3.8, 4) is 11.5 Å². The first-order valence-corrected chi connectivity index (χ1v) is 15.0. The Bertz CT molecular complexity index is 1370. The van der Waals surface area contributed by atoms with Gasteiger partial charge in [0.05, 0.1) is 30.2 Å². The van der Waals surface area contributed by atoms with Gasteiger partial charge in [0.15, 0.2) is 6.10 Å². The molecule has 0 spiro atoms. The number of carbonyl (C=O) groups is 3. The molecule has 13 nitrogen and oxygen atoms in total. The molecule has 254 valence electrons. The minimum atomic E-state index is -1.04. The van der Waals surface area contributed by atoms with E-state index in [-0.39, 0.29) is 35.5 Å². The van der Waals surface area contributed by atoms with Crippen molar-refractivity contribution in [1.82, 2.24) is 0 Å². The van der Waals surface area contributed by atoms with Crippen molar-refractivity contribution in [3.05, 3.63) is 52.7 Å². The lowest BCUT2D eigenvalue weighted by Gasteiger charge is -2.28. The van der Waals surface area contributed by atoms with Crippen LogP contribution in [0, 0.1) is 5.92 Å². The second-order valence-electron chi connectivity index (χ2n) is 11.2. The molecular formula is C33H47N3O10. The average Bonchev–Trinajstić information content (AvgIpc) is 3.00. The molecule has 1 aromatic carbocycles. The molecule has 46 heavy (non-hydrogen) atoms. The molecule has 2 bridgehead atoms. The zero-order valence-electron chi connectivity index (χ0n) is 27.5. The molecule has 0 unspecified atom stereocenters. The third-order valence-corrected chi connectivity index (χ3v) is 7.45. The number of carbonyl (C=O) groups excluding carboxylic acids is 3. The van der Waals surface area contributed by atoms with Crippen LogP contribution in [0.25, 0.3) is 6.08 Å². The number of aromatic hydroxyl groups is 2. The maximum Gasteiger partial charge on any atom is 0.411 e. The number of aliphatic hydroxyl groups excluding tert-OH is 1. The molecule has 0 saturated heterocycles. The first kappa shape index (κ1) is 37.9. The molecule has 3 amide bonds. The van der Waals surface area contributed by atoms with E-state index in [1.54, 1.807) is 32.9 Å². The predicted molar refractivity (Wildman–Crippen MR) is 174 cm³/mol. The number of fused-ring (bicyclic) bond motifs is 2. The molecule has 0 radical (unpaired) electrons. The fourth-order valence-corrected chi connectivity index (χ4v) is 4.86. The molecule has 0 aliphatic carbocycles. The lowest BCUT2D eigenvalue weighted by Crippen LogP contribution is -2.36. The SMILES string of the molecule is CCCCOC(=O)Nc1c(O)cc2c(O)c1C=C(C)C[C@H](OC)[C@H](O)[C@@H](C)C=C(C)[C@H](OC(N)=O)[C@@H](OC)C=CC=C(C)C(=O)N2. The maximum atomic E-state index is 13.1. The van der Waals surface area contributed by atoms with Gasteiger partial charge >= 0.3 is 12.2 Å². The van der Waals surface area contributed by atoms with Crippen molar-refractivity contribution >= 4 is 35.5 Å². The van der Waals surface area contributed by atoms with Crippen LogP contribution in [-0.2, 0) is 23.7 Å². The van der Waals surface area contributed by atoms with E-state index in [9.17, 15) is 29.7 Å². The largest absolute Gasteiger partial charge is 0.506 e. The molecule has 1 aliphatic heterocycles. The summed E-state index contributed by atoms with van der Waals surface area (Å²) in [6, 6.07) is 1.11. The Morgan fingerprint density at radius 2 is 1.85 bits per heavy atom. The number of primary amides is 1. The van der Waals surface area contributed by atoms with E-state index < -0.39 is 59.9 Å². The van der Waals surface area contributed by atoms with E-state index in [0.717, 1.165) is 12.5 Å². The van der Waals surface area contributed by atoms with Crippen molar-refractivity contribution in [2.45, 2.75) is 78.3 Å². The van der Waals surface area contributed by atoms with Gasteiger partial charge in [-0.1, -0.05) is 50.1 Å². The summed E-state index contributed by atoms with van der Waals surface area (Å²) in [5.74, 6) is -1.97. The highest BCUT2D eigenvalue weighted by Crippen LogP contribution is 2.42. The van der Waals surface area contributed by atoms with Gasteiger partial charge in [-0.15, -0.1) is 0 Å². The fourth-order valence-electron chi connectivity index (χ4n) is 4.86. The van der Waals surface area contributed by atoms with Crippen molar-refractivity contribution in [2.24, 2.45) is 11.7 Å². The molecule has 1 aliphatic rings. The number of anilines is 2. The number of aliphatic hydroxyl groups is 1. The standard InChI is InChI=1S/C33H47N3O10/c1-8-9-13-45-33(42)36-27-22-14-18(2)15-26(44-7)28(38)20(4)16-21(5)30(46-32(34)41)25(43-6)12-10-11-19(3)31(40)35-23(29(22)39)17-24(27)37/h10-12,14,16-17,20,25-26,28,30,37-39H,8-9,13,15H2,1-7H3,(H2,34,41)(H,35,40)(H,36,42)/t20-,25-,26-,28+,30-/m0/s1. The van der Waals surface area contributed by atoms with Crippen LogP contribution >= 0.6 is 0 Å². The summed E-state index contributed by atoms with van der Waals surface area (Å²) in [7, 11) is 2.86. The summed E-state index contributed by atoms with van der Waals surface area (Å²) in [5, 5.41) is 38.6. The third kappa shape index (κ3) is 10.6. The Morgan fingerprint density at radius 1 is 1.15 bits per heavy atom. The van der Waals surface area contributed by atoms with E-state index >= 15 is 0 Å². The molecule has 1 aromatic rings. The van der Waals surface area contributed by atoms with E-state index in [0.29, 0.717) is 17.6 Å². The van der Waals surface area contributed by atoms with E-state index in [1.165, 1.54) is 39.4 Å². The lowest BCUT2D eigenvalue weighted by molar-refractivity contribution is -0.112. The van der Waals surface area contributed by atoms with Gasteiger partial charge in [-0.25, -0.2) is 9.59 Å². The Kier molecular flexibility index (Phi) is 14.8. The van der Waals surface area contributed by atoms with Gasteiger partial charge in [-0.2, -0.15) is 0 Å². The van der Waals surface area contributed by atoms with Crippen LogP contribution in [0.2, 0.25) is 0 Å². The molecule has 13 heteroatoms. The van der Waals surface area contributed by atoms with E-state index in [1.807, 2.05) is 6.92 Å². The van der Waals surface area contributed by atoms with Crippen LogP contribution in [0.4, 0.5) is 21.0 Å². The average molecular weight is 646 g/mol. The summed E-state index contributed by atoms with van der Waals surface area (Å²) in [5.41, 5.74) is 6.46. The second kappa shape index (κ2) is 18.0. The van der Waals surface area contributed by atoms with Gasteiger partial charge in [-0.05, 0) is 45.3 Å². The van der Waals surface area contributed by atoms with Gasteiger partial charge in [0, 0.05) is 37.3 Å². The number of nitrogens with two attached hydrogens (primary N) is 1. The Hall–Kier alpha value is -4.33. The summed E-state index contributed by atoms with van der Waals surface area (Å²) in [4.78, 5) is 37.4. The number of hydrogen-bond acceptors (Lipinski definition) is 10. The van der Waals surface area contributed by atoms with Gasteiger partial charge in [0.2, 0.25) is 0 Å². The zero-order chi connectivity index (χ0) is 34.6. The van der Waals surface area contributed by atoms with Crippen LogP contribution in [0.3, 0.4) is 0 Å². The van der Waals surface area contributed by atoms with Crippen LogP contribution in [0.5, 0.6) is 11.5 Å². The van der Waals surface area contributed by atoms with Crippen molar-refractivity contribution in [2.75, 3.05) is 31.5 Å². The molecule has 0 fully saturated rings. The summed E-state index contributed by atoms with van der Waals surface area (Å²) in [6.45, 7) is 8.83. The number of allylic oxidation sites excluding steroid dienone is 2. The Morgan fingerprint density at radius 3 is 2.46 bits per heavy atom. The molecule has 5 atom stereocenters. The minimum Gasteiger partial charge on any atom is -0.506 e. The quantitative estimate of drug-likeness (QED) is 0.1000. The van der Waals surface area contributed by atoms with Crippen LogP contribution < -0.4 is 16.4 Å². The highest BCUT2D eigenvalue weighted by Gasteiger charge is 2.29. The van der Waals surface area contributed by atoms with E-state index in [4.69, 9.17) is 24.7 Å². The lowest BCUT2D eigenvalue weighted by atomic mass is 9.91. The number of ether oxygens (including phenoxy) is 4. The number of benzene rings is 1. The molecule has 7 N–H and O–H groups in total. The monoisotopic (exact) mass is 645 g/mol. The predicted octanol–water partition coefficient (Wildman–Crippen LogP) is 5.13. The maximum absolute atomic E-state index is 13.1. The van der Waals surface area contributed by atoms with Crippen LogP contribution in [0.15, 0.2) is 47.1 Å². The summed E-state index contributed by atoms with van der Waals surface area (Å²) in [6.07, 6.45) is 4.05. The van der Waals surface area contributed by atoms with Gasteiger partial charge in [0.1, 0.15) is 17.6 Å². The molecule has 0 saturated carbocycles. The molecule has 1 heterocycles. The summed E-state index contributed by atoms with van der Waals surface area (Å²) >= 11 is 0. The Labute approximate surface area is 269 Å². The van der Waals surface area contributed by atoms with Crippen molar-refractivity contribution in [1.29, 1.82) is 0 Å². The number of phenols is 2. The van der Waals surface area contributed by atoms with Gasteiger partial charge in [-0.3, -0.25) is 10.1 Å². The highest BCUT2D eigenvalue weighted by molar-refractivity contribution is 6.06. The highest BCUT2D eigenvalue weighted by atomic mass is 16.6. The number of unbranched alkanes of at least 4 members (excludes halogenated alkanes) is 1. The van der Waals surface area contributed by atoms with Crippen LogP contribution in [-0.4, -0.2) is 78.7 Å². The number of methoxy groups -OCH3 is 2. The third-order valence-electron chi connectivity index (χ3n) is 7.45. The summed E-state index contributed by atoms with van der Waals surface area (Å²) < 4.78 is 21.7. The zero-order valence-corrected chi connectivity index (χ0v) is 27.5. The molecule has 2 rings (SSSR count). The normalized spacial score (nSPS) is 23.0. The van der Waals surface area contributed by atoms with Crippen molar-refractivity contribution in [3.63, 3.8) is 0 Å². The number of amides is 3. The second-order valence-corrected chi connectivity index (χ2v) is 11.2. The topological polar surface area (TPSA) is 199 Å². The van der Waals surface area contributed by atoms with E-state index in [2.05, 4.69) is 10.6 Å². The molecule has 0 aromatic heterocycles. The number of hydrogen-bond donors (Lipinski definition) is 6. The Balaban J connectivity index is 2.72. The smallest absolute Gasteiger partial charge is 0.411 e. The number of rotatable bonds is 7.